The number of aliphatic imine (C=N–C) groups is 1. The van der Waals surface area contributed by atoms with E-state index < -0.39 is 10.0 Å². The number of sulfonamides is 1. The number of nitrogens with zero attached hydrogens (tertiary/aromatic N) is 3. The Morgan fingerprint density at radius 2 is 1.73 bits per heavy atom. The van der Waals surface area contributed by atoms with Crippen LogP contribution in [0, 0.1) is 0 Å². The van der Waals surface area contributed by atoms with Crippen molar-refractivity contribution in [1.82, 2.24) is 19.8 Å². The fraction of sp³-hybridized carbons (Fsp3) is 0.682. The van der Waals surface area contributed by atoms with Gasteiger partial charge in [0.15, 0.2) is 5.96 Å². The smallest absolute Gasteiger partial charge is 0.243 e. The van der Waals surface area contributed by atoms with Gasteiger partial charge in [-0.05, 0) is 71.3 Å². The molecule has 30 heavy (non-hydrogen) atoms. The summed E-state index contributed by atoms with van der Waals surface area (Å²) in [5.41, 5.74) is 1.07. The van der Waals surface area contributed by atoms with Gasteiger partial charge in [0.05, 0.1) is 4.90 Å². The van der Waals surface area contributed by atoms with E-state index in [9.17, 15) is 8.42 Å². The number of hydrogen-bond donors (Lipinski definition) is 2. The molecule has 1 aliphatic heterocycles. The van der Waals surface area contributed by atoms with Gasteiger partial charge in [0.2, 0.25) is 10.0 Å². The molecule has 7 nitrogen and oxygen atoms in total. The lowest BCUT2D eigenvalue weighted by molar-refractivity contribution is 0.0982. The second-order valence-electron chi connectivity index (χ2n) is 8.90. The average Bonchev–Trinajstić information content (AvgIpc) is 2.74. The molecule has 170 valence electrons. The van der Waals surface area contributed by atoms with E-state index in [1.54, 1.807) is 26.2 Å². The van der Waals surface area contributed by atoms with E-state index >= 15 is 0 Å². The van der Waals surface area contributed by atoms with Gasteiger partial charge >= 0.3 is 0 Å². The summed E-state index contributed by atoms with van der Waals surface area (Å²) < 4.78 is 26.6. The summed E-state index contributed by atoms with van der Waals surface area (Å²) in [4.78, 5) is 7.18. The molecule has 0 spiro atoms. The fourth-order valence-electron chi connectivity index (χ4n) is 3.54. The highest BCUT2D eigenvalue weighted by molar-refractivity contribution is 7.89. The Balaban J connectivity index is 1.90. The quantitative estimate of drug-likeness (QED) is 0.483. The number of nitrogens with one attached hydrogen (secondary N) is 2. The Labute approximate surface area is 183 Å². The van der Waals surface area contributed by atoms with Crippen molar-refractivity contribution in [3.8, 4) is 0 Å². The molecule has 0 amide bonds. The summed E-state index contributed by atoms with van der Waals surface area (Å²) in [6.45, 7) is 12.0. The summed E-state index contributed by atoms with van der Waals surface area (Å²) in [5.74, 6) is 0.747. The van der Waals surface area contributed by atoms with E-state index in [4.69, 9.17) is 0 Å². The van der Waals surface area contributed by atoms with Gasteiger partial charge in [0.25, 0.3) is 0 Å². The van der Waals surface area contributed by atoms with Crippen molar-refractivity contribution in [1.29, 1.82) is 0 Å². The van der Waals surface area contributed by atoms with E-state index in [1.165, 1.54) is 23.6 Å². The van der Waals surface area contributed by atoms with Crippen LogP contribution in [0.4, 0.5) is 0 Å². The number of rotatable bonds is 8. The Morgan fingerprint density at radius 1 is 1.13 bits per heavy atom. The summed E-state index contributed by atoms with van der Waals surface area (Å²) in [6, 6.07) is 6.94. The highest BCUT2D eigenvalue weighted by Gasteiger charge is 2.28. The highest BCUT2D eigenvalue weighted by atomic mass is 32.2. The zero-order valence-electron chi connectivity index (χ0n) is 19.4. The van der Waals surface area contributed by atoms with Crippen molar-refractivity contribution in [3.05, 3.63) is 29.8 Å². The SMILES string of the molecule is CN=C(NCc1ccc(S(=O)(=O)N(C)C(C)C)cc1)NCC(C)(C)N1CCCCC1. The van der Waals surface area contributed by atoms with Gasteiger partial charge < -0.3 is 10.6 Å². The van der Waals surface area contributed by atoms with E-state index in [0.29, 0.717) is 11.4 Å². The zero-order valence-corrected chi connectivity index (χ0v) is 20.2. The number of piperidine rings is 1. The van der Waals surface area contributed by atoms with Crippen molar-refractivity contribution in [3.63, 3.8) is 0 Å². The minimum Gasteiger partial charge on any atom is -0.355 e. The maximum absolute atomic E-state index is 12.6. The van der Waals surface area contributed by atoms with Gasteiger partial charge in [-0.1, -0.05) is 18.6 Å². The molecule has 0 saturated carbocycles. The second kappa shape index (κ2) is 10.6. The second-order valence-corrected chi connectivity index (χ2v) is 10.9. The summed E-state index contributed by atoms with van der Waals surface area (Å²) in [5, 5.41) is 6.76. The molecule has 2 rings (SSSR count). The topological polar surface area (TPSA) is 77.0 Å². The van der Waals surface area contributed by atoms with Gasteiger partial charge in [-0.15, -0.1) is 0 Å². The fourth-order valence-corrected chi connectivity index (χ4v) is 4.91. The zero-order chi connectivity index (χ0) is 22.4. The van der Waals surface area contributed by atoms with Crippen LogP contribution in [0.3, 0.4) is 0 Å². The van der Waals surface area contributed by atoms with Crippen LogP contribution >= 0.6 is 0 Å². The maximum atomic E-state index is 12.6. The molecule has 0 unspecified atom stereocenters. The van der Waals surface area contributed by atoms with Crippen LogP contribution in [-0.4, -0.2) is 68.9 Å². The molecular formula is C22H39N5O2S. The maximum Gasteiger partial charge on any atom is 0.243 e. The average molecular weight is 438 g/mol. The predicted octanol–water partition coefficient (Wildman–Crippen LogP) is 2.65. The third kappa shape index (κ3) is 6.43. The van der Waals surface area contributed by atoms with E-state index in [1.807, 2.05) is 26.0 Å². The molecule has 1 heterocycles. The first kappa shape index (κ1) is 24.6. The van der Waals surface area contributed by atoms with E-state index in [-0.39, 0.29) is 11.6 Å². The summed E-state index contributed by atoms with van der Waals surface area (Å²) >= 11 is 0. The molecule has 1 aromatic rings. The monoisotopic (exact) mass is 437 g/mol. The van der Waals surface area contributed by atoms with Crippen molar-refractivity contribution in [2.45, 2.75) is 70.0 Å². The van der Waals surface area contributed by atoms with Crippen molar-refractivity contribution in [2.75, 3.05) is 33.7 Å². The Bertz CT molecular complexity index is 797. The predicted molar refractivity (Wildman–Crippen MR) is 124 cm³/mol. The molecule has 0 atom stereocenters. The molecule has 0 aliphatic carbocycles. The van der Waals surface area contributed by atoms with Gasteiger partial charge in [0, 0.05) is 38.8 Å². The largest absolute Gasteiger partial charge is 0.355 e. The van der Waals surface area contributed by atoms with Gasteiger partial charge in [-0.25, -0.2) is 8.42 Å². The van der Waals surface area contributed by atoms with Crippen LogP contribution in [0.2, 0.25) is 0 Å². The first-order chi connectivity index (χ1) is 14.1. The highest BCUT2D eigenvalue weighted by Crippen LogP contribution is 2.20. The first-order valence-electron chi connectivity index (χ1n) is 10.8. The van der Waals surface area contributed by atoms with E-state index in [2.05, 4.69) is 34.4 Å². The third-order valence-corrected chi connectivity index (χ3v) is 7.96. The molecule has 0 aromatic heterocycles. The van der Waals surface area contributed by atoms with E-state index in [0.717, 1.165) is 31.2 Å². The van der Waals surface area contributed by atoms with Gasteiger partial charge in [0.1, 0.15) is 0 Å². The van der Waals surface area contributed by atoms with Crippen LogP contribution in [0.1, 0.15) is 52.5 Å². The number of hydrogen-bond acceptors (Lipinski definition) is 4. The molecule has 8 heteroatoms. The molecule has 2 N–H and O–H groups in total. The summed E-state index contributed by atoms with van der Waals surface area (Å²) in [7, 11) is -0.0823. The number of guanidine groups is 1. The summed E-state index contributed by atoms with van der Waals surface area (Å²) in [6.07, 6.45) is 3.88. The van der Waals surface area contributed by atoms with Crippen molar-refractivity contribution >= 4 is 16.0 Å². The molecule has 1 fully saturated rings. The van der Waals surface area contributed by atoms with Gasteiger partial charge in [-0.3, -0.25) is 9.89 Å². The standard InChI is InChI=1S/C22H39N5O2S/c1-18(2)26(6)30(28,29)20-12-10-19(11-13-20)16-24-21(23-5)25-17-22(3,4)27-14-8-7-9-15-27/h10-13,18H,7-9,14-17H2,1-6H3,(H2,23,24,25). The Hall–Kier alpha value is -1.64. The normalized spacial score (nSPS) is 16.9. The van der Waals surface area contributed by atoms with Crippen molar-refractivity contribution in [2.24, 2.45) is 4.99 Å². The van der Waals surface area contributed by atoms with Gasteiger partial charge in [-0.2, -0.15) is 4.31 Å². The van der Waals surface area contributed by atoms with Crippen LogP contribution in [-0.2, 0) is 16.6 Å². The Kier molecular flexibility index (Phi) is 8.70. The minimum atomic E-state index is -3.45. The first-order valence-corrected chi connectivity index (χ1v) is 12.3. The Morgan fingerprint density at radius 3 is 2.27 bits per heavy atom. The van der Waals surface area contributed by atoms with Crippen LogP contribution in [0.15, 0.2) is 34.2 Å². The van der Waals surface area contributed by atoms with Crippen molar-refractivity contribution < 1.29 is 8.42 Å². The molecule has 0 radical (unpaired) electrons. The number of likely N-dealkylation sites (tertiary alicyclic amines) is 1. The van der Waals surface area contributed by atoms with Crippen LogP contribution < -0.4 is 10.6 Å². The lowest BCUT2D eigenvalue weighted by Crippen LogP contribution is -2.54. The molecule has 1 aliphatic rings. The van der Waals surface area contributed by atoms with Crippen LogP contribution in [0.5, 0.6) is 0 Å². The third-order valence-electron chi connectivity index (χ3n) is 5.91. The minimum absolute atomic E-state index is 0.0660. The molecular weight excluding hydrogens is 398 g/mol. The molecule has 1 aromatic carbocycles. The van der Waals surface area contributed by atoms with Crippen LogP contribution in [0.25, 0.3) is 0 Å². The molecule has 0 bridgehead atoms. The lowest BCUT2D eigenvalue weighted by Gasteiger charge is -2.41. The number of benzene rings is 1. The lowest BCUT2D eigenvalue weighted by atomic mass is 9.98. The molecule has 1 saturated heterocycles.